The molecule has 0 spiro atoms. The number of carbonyl (C=O) groups is 2. The Bertz CT molecular complexity index is 1180. The van der Waals surface area contributed by atoms with Crippen LogP contribution in [-0.4, -0.2) is 42.9 Å². The van der Waals surface area contributed by atoms with E-state index < -0.39 is 17.7 Å². The van der Waals surface area contributed by atoms with E-state index in [-0.39, 0.29) is 17.1 Å². The summed E-state index contributed by atoms with van der Waals surface area (Å²) in [6.07, 6.45) is 5.84. The molecule has 1 amide bonds. The Morgan fingerprint density at radius 1 is 1.06 bits per heavy atom. The van der Waals surface area contributed by atoms with Crippen LogP contribution in [-0.2, 0) is 16.1 Å². The molecule has 2 aromatic carbocycles. The molecule has 0 bridgehead atoms. The van der Waals surface area contributed by atoms with Gasteiger partial charge in [0.25, 0.3) is 11.7 Å². The molecule has 2 N–H and O–H groups in total. The normalized spacial score (nSPS) is 17.8. The number of ketones is 1. The quantitative estimate of drug-likeness (QED) is 0.352. The van der Waals surface area contributed by atoms with Crippen molar-refractivity contribution in [3.8, 4) is 5.75 Å². The summed E-state index contributed by atoms with van der Waals surface area (Å²) in [5, 5.41) is 20.9. The van der Waals surface area contributed by atoms with Crippen LogP contribution in [0.25, 0.3) is 5.76 Å². The molecule has 3 aromatic rings. The van der Waals surface area contributed by atoms with E-state index in [9.17, 15) is 19.8 Å². The lowest BCUT2D eigenvalue weighted by Gasteiger charge is -2.25. The number of nitrogens with zero attached hydrogens (tertiary/aromatic N) is 3. The van der Waals surface area contributed by atoms with Crippen LogP contribution < -0.4 is 0 Å². The van der Waals surface area contributed by atoms with Crippen molar-refractivity contribution >= 4 is 17.4 Å². The van der Waals surface area contributed by atoms with E-state index in [2.05, 4.69) is 4.98 Å². The van der Waals surface area contributed by atoms with Crippen LogP contribution in [0.4, 0.5) is 0 Å². The third-order valence-electron chi connectivity index (χ3n) is 5.77. The lowest BCUT2D eigenvalue weighted by Crippen LogP contribution is -2.31. The number of likely N-dealkylation sites (tertiary alicyclic amines) is 1. The maximum absolute atomic E-state index is 13.1. The molecule has 0 radical (unpaired) electrons. The number of phenols is 1. The average molecular weight is 431 g/mol. The summed E-state index contributed by atoms with van der Waals surface area (Å²) in [5.74, 6) is -1.44. The second kappa shape index (κ2) is 8.70. The first-order valence-electron chi connectivity index (χ1n) is 10.5. The molecule has 0 unspecified atom stereocenters. The molecule has 7 nitrogen and oxygen atoms in total. The highest BCUT2D eigenvalue weighted by Gasteiger charge is 2.45. The Labute approximate surface area is 186 Å². The fraction of sp³-hybridized carbons (Fsp3) is 0.240. The third kappa shape index (κ3) is 4.01. The molecule has 32 heavy (non-hydrogen) atoms. The zero-order chi connectivity index (χ0) is 22.8. The Kier molecular flexibility index (Phi) is 5.81. The van der Waals surface area contributed by atoms with Gasteiger partial charge in [-0.05, 0) is 49.6 Å². The predicted octanol–water partition coefficient (Wildman–Crippen LogP) is 3.72. The summed E-state index contributed by atoms with van der Waals surface area (Å²) in [5.41, 5.74) is 3.00. The number of carbonyl (C=O) groups excluding carboxylic acids is 2. The number of hydrogen-bond donors (Lipinski definition) is 2. The van der Waals surface area contributed by atoms with Gasteiger partial charge in [-0.2, -0.15) is 0 Å². The van der Waals surface area contributed by atoms with Gasteiger partial charge in [0.2, 0.25) is 0 Å². The number of phenolic OH excluding ortho intramolecular Hbond substituents is 1. The van der Waals surface area contributed by atoms with Gasteiger partial charge in [0.1, 0.15) is 11.5 Å². The minimum absolute atomic E-state index is 0.0667. The van der Waals surface area contributed by atoms with Gasteiger partial charge < -0.3 is 19.7 Å². The Balaban J connectivity index is 1.76. The zero-order valence-electron chi connectivity index (χ0n) is 18.0. The number of aromatic nitrogens is 2. The minimum Gasteiger partial charge on any atom is -0.508 e. The van der Waals surface area contributed by atoms with Gasteiger partial charge >= 0.3 is 0 Å². The van der Waals surface area contributed by atoms with Crippen molar-refractivity contribution in [2.45, 2.75) is 32.9 Å². The molecule has 7 heteroatoms. The SMILES string of the molecule is Cc1ccc(C)c(C(O)=C2C(=O)C(=O)N(CCCn3ccnc3)[C@H]2c2ccc(O)cc2)c1. The molecular weight excluding hydrogens is 406 g/mol. The summed E-state index contributed by atoms with van der Waals surface area (Å²) >= 11 is 0. The highest BCUT2D eigenvalue weighted by Crippen LogP contribution is 2.40. The van der Waals surface area contributed by atoms with Crippen LogP contribution >= 0.6 is 0 Å². The fourth-order valence-corrected chi connectivity index (χ4v) is 4.09. The Hall–Kier alpha value is -3.87. The van der Waals surface area contributed by atoms with Crippen molar-refractivity contribution in [3.63, 3.8) is 0 Å². The molecule has 1 saturated heterocycles. The number of imidazole rings is 1. The second-order valence-corrected chi connectivity index (χ2v) is 8.06. The molecule has 1 aromatic heterocycles. The number of rotatable bonds is 6. The molecule has 1 aliphatic rings. The number of aromatic hydroxyl groups is 1. The van der Waals surface area contributed by atoms with Gasteiger partial charge in [-0.15, -0.1) is 0 Å². The van der Waals surface area contributed by atoms with Crippen LogP contribution in [0.15, 0.2) is 66.8 Å². The number of hydrogen-bond acceptors (Lipinski definition) is 5. The monoisotopic (exact) mass is 431 g/mol. The Morgan fingerprint density at radius 3 is 2.50 bits per heavy atom. The van der Waals surface area contributed by atoms with Crippen LogP contribution in [0, 0.1) is 13.8 Å². The van der Waals surface area contributed by atoms with E-state index in [4.69, 9.17) is 0 Å². The number of benzene rings is 2. The summed E-state index contributed by atoms with van der Waals surface area (Å²) in [6, 6.07) is 11.2. The number of aliphatic hydroxyl groups is 1. The lowest BCUT2D eigenvalue weighted by molar-refractivity contribution is -0.139. The molecule has 1 fully saturated rings. The smallest absolute Gasteiger partial charge is 0.295 e. The van der Waals surface area contributed by atoms with Crippen molar-refractivity contribution in [2.75, 3.05) is 6.54 Å². The Morgan fingerprint density at radius 2 is 1.81 bits per heavy atom. The molecule has 1 aliphatic heterocycles. The maximum Gasteiger partial charge on any atom is 0.295 e. The molecule has 1 atom stereocenters. The van der Waals surface area contributed by atoms with E-state index >= 15 is 0 Å². The zero-order valence-corrected chi connectivity index (χ0v) is 18.0. The van der Waals surface area contributed by atoms with Gasteiger partial charge in [0, 0.05) is 31.0 Å². The largest absolute Gasteiger partial charge is 0.508 e. The highest BCUT2D eigenvalue weighted by atomic mass is 16.3. The van der Waals surface area contributed by atoms with E-state index in [0.29, 0.717) is 30.6 Å². The van der Waals surface area contributed by atoms with Gasteiger partial charge in [-0.1, -0.05) is 29.8 Å². The number of aryl methyl sites for hydroxylation is 3. The summed E-state index contributed by atoms with van der Waals surface area (Å²) in [7, 11) is 0. The topological polar surface area (TPSA) is 95.7 Å². The average Bonchev–Trinajstić information content (AvgIpc) is 3.38. The van der Waals surface area contributed by atoms with Crippen molar-refractivity contribution in [1.82, 2.24) is 14.5 Å². The molecule has 0 saturated carbocycles. The van der Waals surface area contributed by atoms with E-state index in [1.54, 1.807) is 24.7 Å². The number of amides is 1. The van der Waals surface area contributed by atoms with Crippen LogP contribution in [0.1, 0.15) is 34.7 Å². The molecule has 2 heterocycles. The second-order valence-electron chi connectivity index (χ2n) is 8.06. The lowest BCUT2D eigenvalue weighted by atomic mass is 9.93. The molecular formula is C25H25N3O4. The molecule has 164 valence electrons. The van der Waals surface area contributed by atoms with E-state index in [1.807, 2.05) is 42.8 Å². The first-order valence-corrected chi connectivity index (χ1v) is 10.5. The number of Topliss-reactive ketones (excluding diaryl/α,β-unsaturated/α-hetero) is 1. The van der Waals surface area contributed by atoms with Crippen LogP contribution in [0.5, 0.6) is 5.75 Å². The van der Waals surface area contributed by atoms with Crippen molar-refractivity contribution in [3.05, 3.63) is 89.0 Å². The summed E-state index contributed by atoms with van der Waals surface area (Å²) in [6.45, 7) is 4.73. The van der Waals surface area contributed by atoms with Gasteiger partial charge in [-0.25, -0.2) is 4.98 Å². The standard InChI is InChI=1S/C25H25N3O4/c1-16-4-5-17(2)20(14-16)23(30)21-22(18-6-8-19(29)9-7-18)28(25(32)24(21)31)12-3-11-27-13-10-26-15-27/h4-10,13-15,22,29-30H,3,11-12H2,1-2H3/t22-/m0/s1. The van der Waals surface area contributed by atoms with Gasteiger partial charge in [-0.3, -0.25) is 9.59 Å². The summed E-state index contributed by atoms with van der Waals surface area (Å²) in [4.78, 5) is 31.6. The fourth-order valence-electron chi connectivity index (χ4n) is 4.09. The summed E-state index contributed by atoms with van der Waals surface area (Å²) < 4.78 is 1.91. The predicted molar refractivity (Wildman–Crippen MR) is 120 cm³/mol. The van der Waals surface area contributed by atoms with Gasteiger partial charge in [0.05, 0.1) is 17.9 Å². The first kappa shape index (κ1) is 21.4. The van der Waals surface area contributed by atoms with Crippen molar-refractivity contribution in [2.24, 2.45) is 0 Å². The minimum atomic E-state index is -0.738. The van der Waals surface area contributed by atoms with Crippen molar-refractivity contribution < 1.29 is 19.8 Å². The highest BCUT2D eigenvalue weighted by molar-refractivity contribution is 6.46. The maximum atomic E-state index is 13.1. The first-order chi connectivity index (χ1) is 15.4. The van der Waals surface area contributed by atoms with Crippen LogP contribution in [0.2, 0.25) is 0 Å². The number of aliphatic hydroxyl groups excluding tert-OH is 1. The third-order valence-corrected chi connectivity index (χ3v) is 5.77. The van der Waals surface area contributed by atoms with Crippen molar-refractivity contribution in [1.29, 1.82) is 0 Å². The molecule has 0 aliphatic carbocycles. The van der Waals surface area contributed by atoms with E-state index in [0.717, 1.165) is 11.1 Å². The van der Waals surface area contributed by atoms with Gasteiger partial charge in [0.15, 0.2) is 0 Å². The van der Waals surface area contributed by atoms with E-state index in [1.165, 1.54) is 17.0 Å². The molecule has 4 rings (SSSR count). The van der Waals surface area contributed by atoms with Crippen LogP contribution in [0.3, 0.4) is 0 Å².